The number of carbonyl (C=O) groups excluding carboxylic acids is 1. The SMILES string of the molecule is O=C(NCCCBr)c1csc(I)c1. The molecule has 0 spiro atoms. The van der Waals surface area contributed by atoms with Gasteiger partial charge in [0.15, 0.2) is 0 Å². The van der Waals surface area contributed by atoms with Crippen molar-refractivity contribution >= 4 is 55.8 Å². The van der Waals surface area contributed by atoms with E-state index in [-0.39, 0.29) is 5.91 Å². The van der Waals surface area contributed by atoms with E-state index in [1.807, 2.05) is 11.4 Å². The molecule has 1 amide bonds. The Labute approximate surface area is 103 Å². The summed E-state index contributed by atoms with van der Waals surface area (Å²) >= 11 is 7.11. The quantitative estimate of drug-likeness (QED) is 0.490. The number of amides is 1. The van der Waals surface area contributed by atoms with Crippen LogP contribution in [0, 0.1) is 2.88 Å². The zero-order chi connectivity index (χ0) is 9.68. The van der Waals surface area contributed by atoms with Crippen LogP contribution in [-0.4, -0.2) is 17.8 Å². The minimum atomic E-state index is 0.0279. The fourth-order valence-corrected chi connectivity index (χ4v) is 2.41. The number of halogens is 2. The monoisotopic (exact) mass is 373 g/mol. The largest absolute Gasteiger partial charge is 0.352 e. The van der Waals surface area contributed by atoms with Gasteiger partial charge in [0.25, 0.3) is 5.91 Å². The number of hydrogen-bond donors (Lipinski definition) is 1. The minimum absolute atomic E-state index is 0.0279. The Morgan fingerprint density at radius 1 is 1.69 bits per heavy atom. The molecule has 1 heterocycles. The topological polar surface area (TPSA) is 29.1 Å². The zero-order valence-electron chi connectivity index (χ0n) is 6.85. The molecule has 1 N–H and O–H groups in total. The maximum absolute atomic E-state index is 11.4. The number of carbonyl (C=O) groups is 1. The zero-order valence-corrected chi connectivity index (χ0v) is 11.4. The van der Waals surface area contributed by atoms with Crippen molar-refractivity contribution in [2.45, 2.75) is 6.42 Å². The minimum Gasteiger partial charge on any atom is -0.352 e. The van der Waals surface area contributed by atoms with Gasteiger partial charge in [-0.15, -0.1) is 11.3 Å². The van der Waals surface area contributed by atoms with Gasteiger partial charge in [0.2, 0.25) is 0 Å². The van der Waals surface area contributed by atoms with Crippen molar-refractivity contribution < 1.29 is 4.79 Å². The molecule has 0 aliphatic rings. The molecule has 0 bridgehead atoms. The Morgan fingerprint density at radius 2 is 2.46 bits per heavy atom. The molecule has 0 unspecified atom stereocenters. The molecule has 0 saturated heterocycles. The van der Waals surface area contributed by atoms with Crippen LogP contribution in [-0.2, 0) is 0 Å². The lowest BCUT2D eigenvalue weighted by Gasteiger charge is -2.00. The summed E-state index contributed by atoms with van der Waals surface area (Å²) in [4.78, 5) is 11.4. The van der Waals surface area contributed by atoms with Crippen molar-refractivity contribution in [2.75, 3.05) is 11.9 Å². The summed E-state index contributed by atoms with van der Waals surface area (Å²) in [5.41, 5.74) is 0.768. The predicted molar refractivity (Wildman–Crippen MR) is 67.8 cm³/mol. The normalized spacial score (nSPS) is 10.0. The average Bonchev–Trinajstić information content (AvgIpc) is 2.52. The van der Waals surface area contributed by atoms with E-state index in [1.54, 1.807) is 11.3 Å². The van der Waals surface area contributed by atoms with E-state index in [0.29, 0.717) is 0 Å². The molecule has 0 aliphatic heterocycles. The van der Waals surface area contributed by atoms with Gasteiger partial charge in [0, 0.05) is 17.3 Å². The van der Waals surface area contributed by atoms with Gasteiger partial charge in [0.05, 0.1) is 8.45 Å². The number of alkyl halides is 1. The molecule has 0 atom stereocenters. The summed E-state index contributed by atoms with van der Waals surface area (Å²) in [6.07, 6.45) is 0.965. The van der Waals surface area contributed by atoms with Crippen LogP contribution in [0.15, 0.2) is 11.4 Å². The summed E-state index contributed by atoms with van der Waals surface area (Å²) in [7, 11) is 0. The highest BCUT2D eigenvalue weighted by molar-refractivity contribution is 14.1. The molecule has 2 nitrogen and oxygen atoms in total. The van der Waals surface area contributed by atoms with Gasteiger partial charge in [-0.25, -0.2) is 0 Å². The van der Waals surface area contributed by atoms with E-state index < -0.39 is 0 Å². The summed E-state index contributed by atoms with van der Waals surface area (Å²) in [5, 5.41) is 5.65. The predicted octanol–water partition coefficient (Wildman–Crippen LogP) is 2.87. The van der Waals surface area contributed by atoms with Crippen molar-refractivity contribution in [2.24, 2.45) is 0 Å². The van der Waals surface area contributed by atoms with Gasteiger partial charge < -0.3 is 5.32 Å². The number of hydrogen-bond acceptors (Lipinski definition) is 2. The molecule has 1 aromatic rings. The van der Waals surface area contributed by atoms with E-state index >= 15 is 0 Å². The molecule has 1 rings (SSSR count). The van der Waals surface area contributed by atoms with Crippen LogP contribution in [0.3, 0.4) is 0 Å². The molecule has 5 heteroatoms. The Morgan fingerprint density at radius 3 is 3.00 bits per heavy atom. The summed E-state index contributed by atoms with van der Waals surface area (Å²) in [6, 6.07) is 1.90. The molecule has 72 valence electrons. The maximum Gasteiger partial charge on any atom is 0.252 e. The van der Waals surface area contributed by atoms with Crippen molar-refractivity contribution in [3.05, 3.63) is 19.9 Å². The lowest BCUT2D eigenvalue weighted by Crippen LogP contribution is -2.24. The third kappa shape index (κ3) is 3.95. The lowest BCUT2D eigenvalue weighted by atomic mass is 10.3. The van der Waals surface area contributed by atoms with E-state index in [9.17, 15) is 4.79 Å². The van der Waals surface area contributed by atoms with E-state index in [4.69, 9.17) is 0 Å². The van der Waals surface area contributed by atoms with Crippen molar-refractivity contribution in [1.82, 2.24) is 5.32 Å². The second kappa shape index (κ2) is 5.98. The fourth-order valence-electron chi connectivity index (χ4n) is 0.800. The molecule has 0 aliphatic carbocycles. The smallest absolute Gasteiger partial charge is 0.252 e. The number of thiophene rings is 1. The van der Waals surface area contributed by atoms with Crippen LogP contribution in [0.25, 0.3) is 0 Å². The van der Waals surface area contributed by atoms with Crippen LogP contribution < -0.4 is 5.32 Å². The van der Waals surface area contributed by atoms with Gasteiger partial charge in [-0.3, -0.25) is 4.79 Å². The van der Waals surface area contributed by atoms with E-state index in [1.165, 1.54) is 0 Å². The first-order valence-corrected chi connectivity index (χ1v) is 6.90. The molecule has 0 aromatic carbocycles. The first kappa shape index (κ1) is 11.5. The lowest BCUT2D eigenvalue weighted by molar-refractivity contribution is 0.0954. The summed E-state index contributed by atoms with van der Waals surface area (Å²) in [6.45, 7) is 0.733. The highest BCUT2D eigenvalue weighted by Gasteiger charge is 2.05. The highest BCUT2D eigenvalue weighted by Crippen LogP contribution is 2.16. The molecule has 0 radical (unpaired) electrons. The molecular formula is C8H9BrINOS. The molecular weight excluding hydrogens is 365 g/mol. The molecule has 1 aromatic heterocycles. The van der Waals surface area contributed by atoms with Crippen molar-refractivity contribution in [1.29, 1.82) is 0 Å². The highest BCUT2D eigenvalue weighted by atomic mass is 127. The Balaban J connectivity index is 2.40. The van der Waals surface area contributed by atoms with E-state index in [0.717, 1.165) is 26.7 Å². The Kier molecular flexibility index (Phi) is 5.27. The average molecular weight is 374 g/mol. The van der Waals surface area contributed by atoms with Gasteiger partial charge in [-0.1, -0.05) is 15.9 Å². The third-order valence-corrected chi connectivity index (χ3v) is 3.78. The third-order valence-electron chi connectivity index (χ3n) is 1.43. The first-order chi connectivity index (χ1) is 6.24. The van der Waals surface area contributed by atoms with Crippen LogP contribution in [0.4, 0.5) is 0 Å². The van der Waals surface area contributed by atoms with Gasteiger partial charge in [-0.05, 0) is 35.1 Å². The van der Waals surface area contributed by atoms with Crippen LogP contribution in [0.1, 0.15) is 16.8 Å². The second-order valence-corrected chi connectivity index (χ2v) is 6.04. The van der Waals surface area contributed by atoms with E-state index in [2.05, 4.69) is 43.8 Å². The van der Waals surface area contributed by atoms with Gasteiger partial charge >= 0.3 is 0 Å². The second-order valence-electron chi connectivity index (χ2n) is 2.44. The van der Waals surface area contributed by atoms with Crippen molar-refractivity contribution in [3.8, 4) is 0 Å². The fraction of sp³-hybridized carbons (Fsp3) is 0.375. The molecule has 13 heavy (non-hydrogen) atoms. The van der Waals surface area contributed by atoms with Gasteiger partial charge in [0.1, 0.15) is 0 Å². The summed E-state index contributed by atoms with van der Waals surface area (Å²) < 4.78 is 1.14. The standard InChI is InChI=1S/C8H9BrINOS/c9-2-1-3-11-8(12)6-4-7(10)13-5-6/h4-5H,1-3H2,(H,11,12). The first-order valence-electron chi connectivity index (χ1n) is 3.82. The molecule has 0 saturated carbocycles. The van der Waals surface area contributed by atoms with Crippen LogP contribution in [0.2, 0.25) is 0 Å². The molecule has 0 fully saturated rings. The Hall–Kier alpha value is 0.380. The Bertz CT molecular complexity index is 289. The number of rotatable bonds is 4. The van der Waals surface area contributed by atoms with Crippen LogP contribution in [0.5, 0.6) is 0 Å². The summed E-state index contributed by atoms with van der Waals surface area (Å²) in [5.74, 6) is 0.0279. The van der Waals surface area contributed by atoms with Crippen molar-refractivity contribution in [3.63, 3.8) is 0 Å². The number of nitrogens with one attached hydrogen (secondary N) is 1. The van der Waals surface area contributed by atoms with Gasteiger partial charge in [-0.2, -0.15) is 0 Å². The maximum atomic E-state index is 11.4. The van der Waals surface area contributed by atoms with Crippen LogP contribution >= 0.6 is 49.9 Å².